The number of carboxylic acids is 1. The predicted molar refractivity (Wildman–Crippen MR) is 134 cm³/mol. The van der Waals surface area contributed by atoms with Crippen LogP contribution in [0.1, 0.15) is 49.3 Å². The molecular weight excluding hydrogens is 503 g/mol. The molecule has 0 unspecified atom stereocenters. The number of carbonyl (C=O) groups excluding carboxylic acids is 2. The van der Waals surface area contributed by atoms with E-state index in [0.717, 1.165) is 18.4 Å². The van der Waals surface area contributed by atoms with Gasteiger partial charge in [-0.1, -0.05) is 23.7 Å². The summed E-state index contributed by atoms with van der Waals surface area (Å²) in [6.07, 6.45) is 2.44. The first-order valence-electron chi connectivity index (χ1n) is 12.3. The van der Waals surface area contributed by atoms with E-state index in [4.69, 9.17) is 21.1 Å². The van der Waals surface area contributed by atoms with Crippen molar-refractivity contribution in [3.63, 3.8) is 0 Å². The molecule has 0 bridgehead atoms. The summed E-state index contributed by atoms with van der Waals surface area (Å²) in [6, 6.07) is 9.34. The number of aliphatic carboxylic acids is 1. The third kappa shape index (κ3) is 6.99. The highest BCUT2D eigenvalue weighted by atomic mass is 35.5. The van der Waals surface area contributed by atoms with Crippen LogP contribution >= 0.6 is 11.6 Å². The van der Waals surface area contributed by atoms with E-state index in [9.17, 15) is 23.9 Å². The zero-order valence-electron chi connectivity index (χ0n) is 20.6. The second-order valence-electron chi connectivity index (χ2n) is 9.43. The Bertz CT molecular complexity index is 1160. The molecule has 1 N–H and O–H groups in total. The van der Waals surface area contributed by atoms with Crippen LogP contribution in [0.25, 0.3) is 0 Å². The second-order valence-corrected chi connectivity index (χ2v) is 9.84. The maximum Gasteiger partial charge on any atom is 0.305 e. The highest BCUT2D eigenvalue weighted by Gasteiger charge is 2.31. The van der Waals surface area contributed by atoms with Crippen molar-refractivity contribution >= 4 is 29.4 Å². The minimum atomic E-state index is -0.975. The molecule has 4 rings (SSSR count). The Hall–Kier alpha value is -3.17. The van der Waals surface area contributed by atoms with Crippen LogP contribution in [0.3, 0.4) is 0 Å². The van der Waals surface area contributed by atoms with Crippen LogP contribution in [0.5, 0.6) is 11.5 Å². The number of benzene rings is 2. The van der Waals surface area contributed by atoms with Crippen molar-refractivity contribution in [2.45, 2.75) is 44.7 Å². The highest BCUT2D eigenvalue weighted by molar-refractivity contribution is 6.30. The number of methoxy groups -OCH3 is 1. The third-order valence-electron chi connectivity index (χ3n) is 6.67. The van der Waals surface area contributed by atoms with Crippen molar-refractivity contribution in [2.75, 3.05) is 26.8 Å². The van der Waals surface area contributed by atoms with E-state index >= 15 is 0 Å². The molecule has 2 fully saturated rings. The summed E-state index contributed by atoms with van der Waals surface area (Å²) < 4.78 is 25.6. The molecule has 1 saturated heterocycles. The van der Waals surface area contributed by atoms with Gasteiger partial charge in [0.2, 0.25) is 11.8 Å². The molecule has 1 aliphatic heterocycles. The van der Waals surface area contributed by atoms with Crippen LogP contribution in [0.15, 0.2) is 36.4 Å². The molecule has 0 radical (unpaired) electrons. The lowest BCUT2D eigenvalue weighted by Crippen LogP contribution is -2.33. The van der Waals surface area contributed by atoms with E-state index in [-0.39, 0.29) is 49.3 Å². The Kier molecular flexibility index (Phi) is 8.66. The van der Waals surface area contributed by atoms with Gasteiger partial charge in [-0.3, -0.25) is 24.2 Å². The lowest BCUT2D eigenvalue weighted by atomic mass is 10.00. The van der Waals surface area contributed by atoms with Crippen LogP contribution in [0.4, 0.5) is 4.39 Å². The summed E-state index contributed by atoms with van der Waals surface area (Å²) in [5, 5.41) is 9.61. The van der Waals surface area contributed by atoms with Gasteiger partial charge < -0.3 is 14.6 Å². The van der Waals surface area contributed by atoms with Crippen molar-refractivity contribution in [1.29, 1.82) is 0 Å². The highest BCUT2D eigenvalue weighted by Crippen LogP contribution is 2.37. The zero-order chi connectivity index (χ0) is 26.5. The van der Waals surface area contributed by atoms with Gasteiger partial charge in [0, 0.05) is 32.0 Å². The maximum atomic E-state index is 14.3. The summed E-state index contributed by atoms with van der Waals surface area (Å²) in [4.78, 5) is 38.6. The molecule has 2 aliphatic rings. The molecular formula is C27H30ClFN2O6. The summed E-state index contributed by atoms with van der Waals surface area (Å²) in [5.41, 5.74) is 1.43. The van der Waals surface area contributed by atoms with Gasteiger partial charge in [0.25, 0.3) is 0 Å². The average molecular weight is 533 g/mol. The minimum absolute atomic E-state index is 0.00893. The van der Waals surface area contributed by atoms with Crippen LogP contribution in [-0.2, 0) is 20.9 Å². The largest absolute Gasteiger partial charge is 0.493 e. The van der Waals surface area contributed by atoms with Gasteiger partial charge in [-0.05, 0) is 54.2 Å². The molecule has 0 aromatic heterocycles. The molecule has 10 heteroatoms. The number of imide groups is 1. The molecule has 1 aliphatic carbocycles. The molecule has 0 spiro atoms. The molecule has 2 aromatic carbocycles. The van der Waals surface area contributed by atoms with Gasteiger partial charge in [0.15, 0.2) is 11.5 Å². The van der Waals surface area contributed by atoms with Crippen molar-refractivity contribution in [3.05, 3.63) is 58.4 Å². The first-order valence-corrected chi connectivity index (χ1v) is 12.7. The van der Waals surface area contributed by atoms with E-state index in [1.54, 1.807) is 12.1 Å². The molecule has 1 saturated carbocycles. The van der Waals surface area contributed by atoms with E-state index < -0.39 is 17.8 Å². The van der Waals surface area contributed by atoms with Crippen LogP contribution in [-0.4, -0.2) is 59.5 Å². The van der Waals surface area contributed by atoms with Crippen molar-refractivity contribution in [1.82, 2.24) is 9.80 Å². The van der Waals surface area contributed by atoms with Gasteiger partial charge >= 0.3 is 5.97 Å². The quantitative estimate of drug-likeness (QED) is 0.381. The van der Waals surface area contributed by atoms with E-state index in [2.05, 4.69) is 4.90 Å². The number of carbonyl (C=O) groups is 3. The molecule has 37 heavy (non-hydrogen) atoms. The number of amides is 2. The first kappa shape index (κ1) is 26.9. The lowest BCUT2D eigenvalue weighted by molar-refractivity contribution is -0.140. The van der Waals surface area contributed by atoms with Gasteiger partial charge in [-0.2, -0.15) is 0 Å². The topological polar surface area (TPSA) is 96.4 Å². The number of hydrogen-bond acceptors (Lipinski definition) is 6. The Balaban J connectivity index is 1.50. The minimum Gasteiger partial charge on any atom is -0.493 e. The Labute approximate surface area is 219 Å². The smallest absolute Gasteiger partial charge is 0.305 e. The number of hydrogen-bond donors (Lipinski definition) is 1. The summed E-state index contributed by atoms with van der Waals surface area (Å²) in [7, 11) is 1.52. The van der Waals surface area contributed by atoms with Crippen molar-refractivity contribution in [2.24, 2.45) is 5.92 Å². The monoisotopic (exact) mass is 532 g/mol. The predicted octanol–water partition coefficient (Wildman–Crippen LogP) is 4.44. The summed E-state index contributed by atoms with van der Waals surface area (Å²) in [6.45, 7) is 1.42. The number of ether oxygens (including phenoxy) is 2. The molecule has 1 atom stereocenters. The van der Waals surface area contributed by atoms with Crippen molar-refractivity contribution < 1.29 is 33.4 Å². The van der Waals surface area contributed by atoms with Crippen LogP contribution in [0.2, 0.25) is 5.02 Å². The summed E-state index contributed by atoms with van der Waals surface area (Å²) >= 11 is 5.86. The molecule has 198 valence electrons. The van der Waals surface area contributed by atoms with Gasteiger partial charge in [-0.25, -0.2) is 4.39 Å². The molecule has 2 aromatic rings. The van der Waals surface area contributed by atoms with E-state index in [1.165, 1.54) is 24.1 Å². The Morgan fingerprint density at radius 2 is 1.89 bits per heavy atom. The van der Waals surface area contributed by atoms with Gasteiger partial charge in [0.1, 0.15) is 12.4 Å². The normalized spacial score (nSPS) is 16.4. The molecule has 2 amide bonds. The first-order chi connectivity index (χ1) is 17.7. The van der Waals surface area contributed by atoms with Gasteiger partial charge in [-0.15, -0.1) is 0 Å². The fourth-order valence-electron chi connectivity index (χ4n) is 4.56. The Morgan fingerprint density at radius 1 is 1.16 bits per heavy atom. The lowest BCUT2D eigenvalue weighted by Gasteiger charge is -2.32. The zero-order valence-corrected chi connectivity index (χ0v) is 21.4. The number of rotatable bonds is 13. The molecule has 1 heterocycles. The standard InChI is InChI=1S/C27H30ClFN2O6/c1-36-24-12-18(4-7-23(24)37-11-10-31-25(32)8-9-26(31)33)16-30(15-17-2-3-17)22(14-27(34)35)19-5-6-20(28)21(29)13-19/h4-7,12-13,17,22H,2-3,8-11,14-16H2,1H3,(H,34,35)/t22-/m0/s1. The Morgan fingerprint density at radius 3 is 2.51 bits per heavy atom. The van der Waals surface area contributed by atoms with E-state index in [1.807, 2.05) is 12.1 Å². The fourth-order valence-corrected chi connectivity index (χ4v) is 4.68. The SMILES string of the molecule is COc1cc(CN(CC2CC2)[C@@H](CC(=O)O)c2ccc(Cl)c(F)c2)ccc1OCCN1C(=O)CCC1=O. The number of halogens is 2. The summed E-state index contributed by atoms with van der Waals surface area (Å²) in [5.74, 6) is -0.518. The maximum absolute atomic E-state index is 14.3. The second kappa shape index (κ2) is 11.9. The number of carboxylic acid groups (broad SMARTS) is 1. The van der Waals surface area contributed by atoms with E-state index in [0.29, 0.717) is 36.1 Å². The fraction of sp³-hybridized carbons (Fsp3) is 0.444. The van der Waals surface area contributed by atoms with Crippen molar-refractivity contribution in [3.8, 4) is 11.5 Å². The third-order valence-corrected chi connectivity index (χ3v) is 6.97. The number of likely N-dealkylation sites (tertiary alicyclic amines) is 1. The van der Waals surface area contributed by atoms with Crippen LogP contribution < -0.4 is 9.47 Å². The van der Waals surface area contributed by atoms with Crippen LogP contribution in [0, 0.1) is 11.7 Å². The average Bonchev–Trinajstić information content (AvgIpc) is 3.63. The molecule has 8 nitrogen and oxygen atoms in total. The van der Waals surface area contributed by atoms with Gasteiger partial charge in [0.05, 0.1) is 25.1 Å². The number of nitrogens with zero attached hydrogens (tertiary/aromatic N) is 2.